The van der Waals surface area contributed by atoms with Crippen LogP contribution in [0.25, 0.3) is 0 Å². The van der Waals surface area contributed by atoms with Gasteiger partial charge in [0.05, 0.1) is 0 Å². The Morgan fingerprint density at radius 1 is 1.22 bits per heavy atom. The smallest absolute Gasteiger partial charge is 0.250 e. The van der Waals surface area contributed by atoms with Crippen LogP contribution in [-0.2, 0) is 14.8 Å². The second kappa shape index (κ2) is 9.43. The first-order valence-corrected chi connectivity index (χ1v) is 12.4. The van der Waals surface area contributed by atoms with E-state index in [9.17, 15) is 13.2 Å². The molecule has 2 aromatic rings. The molecule has 1 aromatic heterocycles. The zero-order chi connectivity index (χ0) is 19.3. The van der Waals surface area contributed by atoms with Crippen molar-refractivity contribution in [3.05, 3.63) is 46.8 Å². The molecule has 1 fully saturated rings. The van der Waals surface area contributed by atoms with E-state index >= 15 is 0 Å². The van der Waals surface area contributed by atoms with Crippen molar-refractivity contribution in [1.29, 1.82) is 0 Å². The van der Waals surface area contributed by atoms with Crippen LogP contribution in [0.1, 0.15) is 19.3 Å². The van der Waals surface area contributed by atoms with Crippen molar-refractivity contribution in [2.45, 2.75) is 34.4 Å². The van der Waals surface area contributed by atoms with Gasteiger partial charge in [0, 0.05) is 41.2 Å². The molecule has 2 heterocycles. The van der Waals surface area contributed by atoms with E-state index in [2.05, 4.69) is 4.72 Å². The van der Waals surface area contributed by atoms with Crippen molar-refractivity contribution < 1.29 is 13.2 Å². The van der Waals surface area contributed by atoms with Gasteiger partial charge in [-0.25, -0.2) is 13.1 Å². The number of thioether (sulfide) groups is 1. The van der Waals surface area contributed by atoms with Crippen molar-refractivity contribution in [2.75, 3.05) is 18.8 Å². The summed E-state index contributed by atoms with van der Waals surface area (Å²) in [6.45, 7) is 1.17. The monoisotopic (exact) mass is 444 g/mol. The van der Waals surface area contributed by atoms with Gasteiger partial charge < -0.3 is 4.90 Å². The summed E-state index contributed by atoms with van der Waals surface area (Å²) in [7, 11) is -3.45. The quantitative estimate of drug-likeness (QED) is 0.658. The highest BCUT2D eigenvalue weighted by molar-refractivity contribution is 7.99. The first-order valence-electron chi connectivity index (χ1n) is 8.66. The molecule has 1 aromatic carbocycles. The van der Waals surface area contributed by atoms with E-state index in [1.165, 1.54) is 11.3 Å². The minimum Gasteiger partial charge on any atom is -0.343 e. The Labute approximate surface area is 173 Å². The number of amides is 1. The summed E-state index contributed by atoms with van der Waals surface area (Å²) in [5.41, 5.74) is 0. The Kier molecular flexibility index (Phi) is 7.22. The van der Waals surface area contributed by atoms with Crippen molar-refractivity contribution in [3.8, 4) is 0 Å². The minimum atomic E-state index is -3.45. The molecule has 1 amide bonds. The molecule has 1 saturated heterocycles. The molecule has 146 valence electrons. The fraction of sp³-hybridized carbons (Fsp3) is 0.389. The van der Waals surface area contributed by atoms with Gasteiger partial charge in [0.1, 0.15) is 4.21 Å². The molecule has 5 nitrogen and oxygen atoms in total. The van der Waals surface area contributed by atoms with Crippen LogP contribution >= 0.6 is 34.7 Å². The molecule has 1 aliphatic rings. The van der Waals surface area contributed by atoms with Crippen molar-refractivity contribution >= 4 is 50.6 Å². The fourth-order valence-electron chi connectivity index (χ4n) is 2.89. The highest BCUT2D eigenvalue weighted by Crippen LogP contribution is 2.22. The third-order valence-corrected chi connectivity index (χ3v) is 8.51. The molecular formula is C18H21ClN2O3S3. The number of nitrogens with one attached hydrogen (secondary N) is 1. The van der Waals surface area contributed by atoms with Crippen LogP contribution in [-0.4, -0.2) is 44.1 Å². The number of likely N-dealkylation sites (tertiary alicyclic amines) is 1. The van der Waals surface area contributed by atoms with E-state index in [4.69, 9.17) is 11.6 Å². The van der Waals surface area contributed by atoms with Crippen LogP contribution in [0.2, 0.25) is 5.02 Å². The highest BCUT2D eigenvalue weighted by atomic mass is 35.5. The van der Waals surface area contributed by atoms with Gasteiger partial charge in [0.2, 0.25) is 15.9 Å². The summed E-state index contributed by atoms with van der Waals surface area (Å²) in [4.78, 5) is 15.3. The number of benzene rings is 1. The van der Waals surface area contributed by atoms with E-state index in [1.54, 1.807) is 29.3 Å². The predicted octanol–water partition coefficient (Wildman–Crippen LogP) is 3.85. The molecule has 1 N–H and O–H groups in total. The molecule has 0 aliphatic carbocycles. The van der Waals surface area contributed by atoms with E-state index in [0.29, 0.717) is 47.3 Å². The summed E-state index contributed by atoms with van der Waals surface area (Å²) < 4.78 is 27.7. The molecule has 0 spiro atoms. The fourth-order valence-corrected chi connectivity index (χ4v) is 6.17. The van der Waals surface area contributed by atoms with E-state index in [1.807, 2.05) is 29.2 Å². The number of hydrogen-bond donors (Lipinski definition) is 1. The van der Waals surface area contributed by atoms with Gasteiger partial charge in [-0.3, -0.25) is 4.79 Å². The largest absolute Gasteiger partial charge is 0.343 e. The van der Waals surface area contributed by atoms with Crippen molar-refractivity contribution in [3.63, 3.8) is 0 Å². The third-order valence-electron chi connectivity index (χ3n) is 4.33. The standard InChI is InChI=1S/C18H21ClN2O3S3/c19-14-3-5-16(6-4-14)25-13-9-17(22)21-10-7-15(8-11-21)20-27(23,24)18-2-1-12-26-18/h1-6,12,15,20H,7-11,13H2. The number of carbonyl (C=O) groups is 1. The zero-order valence-electron chi connectivity index (χ0n) is 14.6. The average molecular weight is 445 g/mol. The molecule has 27 heavy (non-hydrogen) atoms. The molecule has 0 radical (unpaired) electrons. The Balaban J connectivity index is 1.40. The maximum atomic E-state index is 12.4. The summed E-state index contributed by atoms with van der Waals surface area (Å²) >= 11 is 8.71. The molecule has 3 rings (SSSR count). The van der Waals surface area contributed by atoms with Gasteiger partial charge in [-0.05, 0) is 48.6 Å². The van der Waals surface area contributed by atoms with Crippen LogP contribution in [0.5, 0.6) is 0 Å². The molecule has 0 bridgehead atoms. The average Bonchev–Trinajstić information content (AvgIpc) is 3.19. The maximum Gasteiger partial charge on any atom is 0.250 e. The molecule has 0 unspecified atom stereocenters. The topological polar surface area (TPSA) is 66.5 Å². The second-order valence-corrected chi connectivity index (χ2v) is 10.8. The lowest BCUT2D eigenvalue weighted by Crippen LogP contribution is -2.46. The normalized spacial score (nSPS) is 15.8. The summed E-state index contributed by atoms with van der Waals surface area (Å²) in [6.07, 6.45) is 1.75. The maximum absolute atomic E-state index is 12.4. The SMILES string of the molecule is O=C(CCSc1ccc(Cl)cc1)N1CCC(NS(=O)(=O)c2cccs2)CC1. The van der Waals surface area contributed by atoms with Crippen molar-refractivity contribution in [1.82, 2.24) is 9.62 Å². The number of halogens is 1. The first-order chi connectivity index (χ1) is 12.9. The zero-order valence-corrected chi connectivity index (χ0v) is 17.8. The van der Waals surface area contributed by atoms with Crippen LogP contribution in [0.15, 0.2) is 50.9 Å². The van der Waals surface area contributed by atoms with Crippen molar-refractivity contribution in [2.24, 2.45) is 0 Å². The van der Waals surface area contributed by atoms with Gasteiger partial charge in [0.15, 0.2) is 0 Å². The van der Waals surface area contributed by atoms with Gasteiger partial charge in [0.25, 0.3) is 0 Å². The van der Waals surface area contributed by atoms with Crippen LogP contribution in [0.4, 0.5) is 0 Å². The number of sulfonamides is 1. The lowest BCUT2D eigenvalue weighted by atomic mass is 10.1. The van der Waals surface area contributed by atoms with E-state index < -0.39 is 10.0 Å². The number of carbonyl (C=O) groups excluding carboxylic acids is 1. The summed E-state index contributed by atoms with van der Waals surface area (Å²) in [5, 5.41) is 2.45. The Hall–Kier alpha value is -1.06. The Morgan fingerprint density at radius 2 is 1.93 bits per heavy atom. The number of rotatable bonds is 7. The van der Waals surface area contributed by atoms with Crippen LogP contribution < -0.4 is 4.72 Å². The number of thiophene rings is 1. The minimum absolute atomic E-state index is 0.121. The molecule has 0 saturated carbocycles. The molecule has 9 heteroatoms. The van der Waals surface area contributed by atoms with Gasteiger partial charge >= 0.3 is 0 Å². The van der Waals surface area contributed by atoms with Gasteiger partial charge in [-0.15, -0.1) is 23.1 Å². The van der Waals surface area contributed by atoms with Gasteiger partial charge in [-0.1, -0.05) is 17.7 Å². The van der Waals surface area contributed by atoms with Crippen LogP contribution in [0, 0.1) is 0 Å². The molecule has 1 aliphatic heterocycles. The van der Waals surface area contributed by atoms with Crippen LogP contribution in [0.3, 0.4) is 0 Å². The first kappa shape index (κ1) is 20.7. The summed E-state index contributed by atoms with van der Waals surface area (Å²) in [6, 6.07) is 10.8. The number of nitrogens with zero attached hydrogens (tertiary/aromatic N) is 1. The lowest BCUT2D eigenvalue weighted by molar-refractivity contribution is -0.131. The second-order valence-electron chi connectivity index (χ2n) is 6.26. The highest BCUT2D eigenvalue weighted by Gasteiger charge is 2.26. The Morgan fingerprint density at radius 3 is 2.56 bits per heavy atom. The summed E-state index contributed by atoms with van der Waals surface area (Å²) in [5.74, 6) is 0.835. The number of piperidine rings is 1. The molecular weight excluding hydrogens is 424 g/mol. The van der Waals surface area contributed by atoms with E-state index in [-0.39, 0.29) is 11.9 Å². The number of hydrogen-bond acceptors (Lipinski definition) is 5. The Bertz CT molecular complexity index is 846. The molecule has 0 atom stereocenters. The lowest BCUT2D eigenvalue weighted by Gasteiger charge is -2.32. The van der Waals surface area contributed by atoms with E-state index in [0.717, 1.165) is 4.90 Å². The third kappa shape index (κ3) is 5.96. The van der Waals surface area contributed by atoms with Gasteiger partial charge in [-0.2, -0.15) is 0 Å². The predicted molar refractivity (Wildman–Crippen MR) is 111 cm³/mol.